The van der Waals surface area contributed by atoms with E-state index in [1.807, 2.05) is 6.92 Å². The van der Waals surface area contributed by atoms with Gasteiger partial charge in [-0.15, -0.1) is 0 Å². The lowest BCUT2D eigenvalue weighted by atomic mass is 10.1. The summed E-state index contributed by atoms with van der Waals surface area (Å²) in [4.78, 5) is 24.7. The third kappa shape index (κ3) is 5.89. The van der Waals surface area contributed by atoms with Crippen molar-refractivity contribution in [3.05, 3.63) is 83.4 Å². The highest BCUT2D eigenvalue weighted by atomic mass is 32.2. The third-order valence-corrected chi connectivity index (χ3v) is 6.23. The van der Waals surface area contributed by atoms with E-state index < -0.39 is 15.9 Å². The zero-order valence-corrected chi connectivity index (χ0v) is 19.3. The van der Waals surface area contributed by atoms with E-state index in [9.17, 15) is 18.0 Å². The number of amides is 2. The number of benzene rings is 3. The van der Waals surface area contributed by atoms with Crippen molar-refractivity contribution < 1.29 is 22.7 Å². The van der Waals surface area contributed by atoms with E-state index in [4.69, 9.17) is 4.74 Å². The molecule has 0 aliphatic rings. The Bertz CT molecular complexity index is 1250. The smallest absolute Gasteiger partial charge is 0.261 e. The fourth-order valence-corrected chi connectivity index (χ4v) is 4.14. The van der Waals surface area contributed by atoms with Crippen molar-refractivity contribution in [1.82, 2.24) is 5.32 Å². The zero-order valence-electron chi connectivity index (χ0n) is 18.5. The number of rotatable bonds is 8. The highest BCUT2D eigenvalue weighted by molar-refractivity contribution is 7.92. The van der Waals surface area contributed by atoms with E-state index in [0.717, 1.165) is 0 Å². The Balaban J connectivity index is 1.78. The molecule has 3 aromatic rings. The molecule has 0 heterocycles. The van der Waals surface area contributed by atoms with Crippen LogP contribution in [0.15, 0.2) is 71.6 Å². The van der Waals surface area contributed by atoms with Gasteiger partial charge in [0.1, 0.15) is 5.75 Å². The quantitative estimate of drug-likeness (QED) is 0.466. The molecule has 33 heavy (non-hydrogen) atoms. The lowest BCUT2D eigenvalue weighted by molar-refractivity contribution is 0.0955. The van der Waals surface area contributed by atoms with Gasteiger partial charge in [-0.25, -0.2) is 8.42 Å². The van der Waals surface area contributed by atoms with Crippen LogP contribution in [0.2, 0.25) is 0 Å². The summed E-state index contributed by atoms with van der Waals surface area (Å²) in [7, 11) is -2.39. The molecule has 0 spiro atoms. The van der Waals surface area contributed by atoms with E-state index in [2.05, 4.69) is 15.4 Å². The van der Waals surface area contributed by atoms with E-state index >= 15 is 0 Å². The monoisotopic (exact) mass is 467 g/mol. The molecule has 0 unspecified atom stereocenters. The largest absolute Gasteiger partial charge is 0.497 e. The molecule has 0 aliphatic heterocycles. The maximum atomic E-state index is 12.8. The van der Waals surface area contributed by atoms with Gasteiger partial charge >= 0.3 is 0 Å². The van der Waals surface area contributed by atoms with Gasteiger partial charge in [-0.2, -0.15) is 0 Å². The number of aryl methyl sites for hydroxylation is 1. The summed E-state index contributed by atoms with van der Waals surface area (Å²) >= 11 is 0. The van der Waals surface area contributed by atoms with E-state index in [0.29, 0.717) is 34.8 Å². The summed E-state index contributed by atoms with van der Waals surface area (Å²) in [5.41, 5.74) is 2.17. The highest BCUT2D eigenvalue weighted by Crippen LogP contribution is 2.22. The van der Waals surface area contributed by atoms with Crippen LogP contribution in [0, 0.1) is 6.92 Å². The van der Waals surface area contributed by atoms with Gasteiger partial charge < -0.3 is 15.4 Å². The summed E-state index contributed by atoms with van der Waals surface area (Å²) in [6, 6.07) is 17.2. The Morgan fingerprint density at radius 2 is 1.52 bits per heavy atom. The second-order valence-electron chi connectivity index (χ2n) is 7.20. The maximum absolute atomic E-state index is 12.8. The van der Waals surface area contributed by atoms with Crippen molar-refractivity contribution >= 4 is 33.2 Å². The van der Waals surface area contributed by atoms with Gasteiger partial charge in [0.2, 0.25) is 0 Å². The molecule has 8 nitrogen and oxygen atoms in total. The van der Waals surface area contributed by atoms with Gasteiger partial charge in [0.05, 0.1) is 12.0 Å². The van der Waals surface area contributed by atoms with Gasteiger partial charge in [-0.3, -0.25) is 14.3 Å². The molecule has 3 aromatic carbocycles. The van der Waals surface area contributed by atoms with Crippen LogP contribution in [0.3, 0.4) is 0 Å². The number of carbonyl (C=O) groups is 2. The summed E-state index contributed by atoms with van der Waals surface area (Å²) in [6.45, 7) is 4.07. The molecule has 0 radical (unpaired) electrons. The molecule has 2 amide bonds. The van der Waals surface area contributed by atoms with Crippen molar-refractivity contribution in [3.8, 4) is 5.75 Å². The molecule has 9 heteroatoms. The zero-order chi connectivity index (χ0) is 24.0. The first-order valence-corrected chi connectivity index (χ1v) is 11.7. The number of carbonyl (C=O) groups excluding carboxylic acids is 2. The standard InChI is InChI=1S/C24H25N3O5S/c1-4-25-23(28)17-6-8-18(9-7-17)26-24(29)22-15-21(14-5-16(22)2)33(30,31)27-19-10-12-20(32-3)13-11-19/h5-15,27H,4H2,1-3H3,(H,25,28)(H,26,29). The second kappa shape index (κ2) is 10.2. The first-order chi connectivity index (χ1) is 15.7. The molecular formula is C24H25N3O5S. The van der Waals surface area contributed by atoms with Gasteiger partial charge in [0, 0.05) is 29.0 Å². The van der Waals surface area contributed by atoms with Crippen molar-refractivity contribution in [1.29, 1.82) is 0 Å². The van der Waals surface area contributed by atoms with Crippen molar-refractivity contribution in [3.63, 3.8) is 0 Å². The Hall–Kier alpha value is -3.85. The minimum Gasteiger partial charge on any atom is -0.497 e. The molecule has 3 N–H and O–H groups in total. The lowest BCUT2D eigenvalue weighted by Crippen LogP contribution is -2.22. The molecule has 172 valence electrons. The lowest BCUT2D eigenvalue weighted by Gasteiger charge is -2.12. The number of nitrogens with one attached hydrogen (secondary N) is 3. The number of methoxy groups -OCH3 is 1. The van der Waals surface area contributed by atoms with Crippen LogP contribution in [-0.2, 0) is 10.0 Å². The molecule has 0 fully saturated rings. The normalized spacial score (nSPS) is 10.9. The Morgan fingerprint density at radius 1 is 0.879 bits per heavy atom. The molecule has 0 saturated carbocycles. The van der Waals surface area contributed by atoms with Crippen molar-refractivity contribution in [2.45, 2.75) is 18.7 Å². The predicted octanol–water partition coefficient (Wildman–Crippen LogP) is 3.81. The SMILES string of the molecule is CCNC(=O)c1ccc(NC(=O)c2cc(S(=O)(=O)Nc3ccc(OC)cc3)ccc2C)cc1. The van der Waals surface area contributed by atoms with Crippen molar-refractivity contribution in [2.24, 2.45) is 0 Å². The van der Waals surface area contributed by atoms with Gasteiger partial charge in [0.25, 0.3) is 21.8 Å². The summed E-state index contributed by atoms with van der Waals surface area (Å²) in [5, 5.41) is 5.44. The topological polar surface area (TPSA) is 114 Å². The number of hydrogen-bond donors (Lipinski definition) is 3. The summed E-state index contributed by atoms with van der Waals surface area (Å²) in [5.74, 6) is -0.0560. The molecule has 0 saturated heterocycles. The van der Waals surface area contributed by atoms with Crippen LogP contribution < -0.4 is 20.1 Å². The second-order valence-corrected chi connectivity index (χ2v) is 8.88. The molecule has 0 aliphatic carbocycles. The summed E-state index contributed by atoms with van der Waals surface area (Å²) in [6.07, 6.45) is 0. The van der Waals surface area contributed by atoms with Gasteiger partial charge in [-0.05, 0) is 80.1 Å². The number of anilines is 2. The van der Waals surface area contributed by atoms with Crippen LogP contribution in [0.1, 0.15) is 33.2 Å². The van der Waals surface area contributed by atoms with Crippen LogP contribution in [-0.4, -0.2) is 33.9 Å². The summed E-state index contributed by atoms with van der Waals surface area (Å²) < 4.78 is 33.3. The maximum Gasteiger partial charge on any atom is 0.261 e. The van der Waals surface area contributed by atoms with Crippen LogP contribution in [0.25, 0.3) is 0 Å². The Morgan fingerprint density at radius 3 is 2.12 bits per heavy atom. The average Bonchev–Trinajstić information content (AvgIpc) is 2.80. The minimum atomic E-state index is -3.91. The molecule has 3 rings (SSSR count). The predicted molar refractivity (Wildman–Crippen MR) is 127 cm³/mol. The van der Waals surface area contributed by atoms with E-state index in [1.165, 1.54) is 19.2 Å². The molecular weight excluding hydrogens is 442 g/mol. The molecule has 0 bridgehead atoms. The van der Waals surface area contributed by atoms with Crippen LogP contribution >= 0.6 is 0 Å². The number of ether oxygens (including phenoxy) is 1. The third-order valence-electron chi connectivity index (χ3n) is 4.85. The fourth-order valence-electron chi connectivity index (χ4n) is 3.05. The minimum absolute atomic E-state index is 0.0411. The Kier molecular flexibility index (Phi) is 7.34. The van der Waals surface area contributed by atoms with E-state index in [-0.39, 0.29) is 16.4 Å². The average molecular weight is 468 g/mol. The number of sulfonamides is 1. The van der Waals surface area contributed by atoms with Crippen LogP contribution in [0.5, 0.6) is 5.75 Å². The van der Waals surface area contributed by atoms with Gasteiger partial charge in [-0.1, -0.05) is 6.07 Å². The molecule has 0 atom stereocenters. The van der Waals surface area contributed by atoms with Crippen molar-refractivity contribution in [2.75, 3.05) is 23.7 Å². The van der Waals surface area contributed by atoms with Crippen LogP contribution in [0.4, 0.5) is 11.4 Å². The van der Waals surface area contributed by atoms with Gasteiger partial charge in [0.15, 0.2) is 0 Å². The molecule has 0 aromatic heterocycles. The fraction of sp³-hybridized carbons (Fsp3) is 0.167. The Labute approximate surface area is 193 Å². The first-order valence-electron chi connectivity index (χ1n) is 10.2. The highest BCUT2D eigenvalue weighted by Gasteiger charge is 2.19. The van der Waals surface area contributed by atoms with E-state index in [1.54, 1.807) is 61.5 Å². The first kappa shape index (κ1) is 23.8. The number of hydrogen-bond acceptors (Lipinski definition) is 5.